The molecule has 27 heavy (non-hydrogen) atoms. The lowest BCUT2D eigenvalue weighted by atomic mass is 10.2. The number of aromatic nitrogens is 1. The Kier molecular flexibility index (Phi) is 8.74. The van der Waals surface area contributed by atoms with E-state index >= 15 is 0 Å². The Hall–Kier alpha value is -1.93. The first-order valence-corrected chi connectivity index (χ1v) is 10.5. The summed E-state index contributed by atoms with van der Waals surface area (Å²) in [6.45, 7) is 4.65. The van der Waals surface area contributed by atoms with Gasteiger partial charge in [0.2, 0.25) is 5.91 Å². The maximum atomic E-state index is 12.0. The van der Waals surface area contributed by atoms with Crippen molar-refractivity contribution in [1.29, 1.82) is 0 Å². The normalized spacial score (nSPS) is 10.5. The van der Waals surface area contributed by atoms with E-state index in [1.165, 1.54) is 16.9 Å². The fraction of sp³-hybridized carbons (Fsp3) is 0.421. The quantitative estimate of drug-likeness (QED) is 0.425. The number of nitrogens with zero attached hydrogens (tertiary/aromatic N) is 1. The number of thiazole rings is 1. The van der Waals surface area contributed by atoms with Crippen molar-refractivity contribution in [3.8, 4) is 5.75 Å². The number of hydrogen-bond acceptors (Lipinski definition) is 6. The lowest BCUT2D eigenvalue weighted by Crippen LogP contribution is -2.13. The van der Waals surface area contributed by atoms with Crippen LogP contribution in [0.5, 0.6) is 5.75 Å². The van der Waals surface area contributed by atoms with Gasteiger partial charge in [0.1, 0.15) is 5.75 Å². The van der Waals surface area contributed by atoms with Gasteiger partial charge in [-0.1, -0.05) is 13.0 Å². The topological polar surface area (TPSA) is 77.5 Å². The van der Waals surface area contributed by atoms with Crippen LogP contribution in [0.4, 0.5) is 5.13 Å². The largest absolute Gasteiger partial charge is 0.492 e. The number of ether oxygens (including phenoxy) is 2. The Bertz CT molecular complexity index is 779. The fourth-order valence-corrected chi connectivity index (χ4v) is 3.55. The summed E-state index contributed by atoms with van der Waals surface area (Å²) in [6, 6.07) is 6.01. The zero-order valence-electron chi connectivity index (χ0n) is 15.4. The molecule has 0 aliphatic heterocycles. The molecule has 6 nitrogen and oxygen atoms in total. The van der Waals surface area contributed by atoms with E-state index in [1.54, 1.807) is 12.3 Å². The molecule has 1 heterocycles. The number of carbonyl (C=O) groups excluding carboxylic acids is 2. The SMILES string of the molecule is CCOC(=O)Cc1csc(NC(=O)CCCOc2ccc(CC)cc2Br)n1. The molecule has 0 spiro atoms. The summed E-state index contributed by atoms with van der Waals surface area (Å²) < 4.78 is 11.5. The van der Waals surface area contributed by atoms with Crippen molar-refractivity contribution in [2.45, 2.75) is 39.5 Å². The van der Waals surface area contributed by atoms with Crippen molar-refractivity contribution in [2.75, 3.05) is 18.5 Å². The molecule has 0 atom stereocenters. The Morgan fingerprint density at radius 1 is 1.30 bits per heavy atom. The van der Waals surface area contributed by atoms with Gasteiger partial charge in [-0.25, -0.2) is 4.98 Å². The Morgan fingerprint density at radius 2 is 2.11 bits per heavy atom. The second-order valence-electron chi connectivity index (χ2n) is 5.74. The molecule has 0 radical (unpaired) electrons. The molecule has 146 valence electrons. The molecule has 0 fully saturated rings. The van der Waals surface area contributed by atoms with E-state index in [4.69, 9.17) is 9.47 Å². The van der Waals surface area contributed by atoms with E-state index in [0.29, 0.717) is 36.9 Å². The highest BCUT2D eigenvalue weighted by Crippen LogP contribution is 2.26. The predicted octanol–water partition coefficient (Wildman–Crippen LogP) is 4.37. The van der Waals surface area contributed by atoms with E-state index in [0.717, 1.165) is 16.6 Å². The summed E-state index contributed by atoms with van der Waals surface area (Å²) in [5.41, 5.74) is 1.83. The minimum atomic E-state index is -0.323. The Balaban J connectivity index is 1.70. The van der Waals surface area contributed by atoms with Crippen molar-refractivity contribution in [3.63, 3.8) is 0 Å². The molecule has 0 unspecified atom stereocenters. The van der Waals surface area contributed by atoms with E-state index in [9.17, 15) is 9.59 Å². The monoisotopic (exact) mass is 454 g/mol. The van der Waals surface area contributed by atoms with Gasteiger partial charge in [0.15, 0.2) is 5.13 Å². The summed E-state index contributed by atoms with van der Waals surface area (Å²) in [5, 5.41) is 4.97. The average molecular weight is 455 g/mol. The van der Waals surface area contributed by atoms with Crippen LogP contribution in [0.25, 0.3) is 0 Å². The molecule has 0 saturated heterocycles. The fourth-order valence-electron chi connectivity index (χ4n) is 2.28. The third-order valence-electron chi connectivity index (χ3n) is 3.64. The van der Waals surface area contributed by atoms with Crippen LogP contribution in [0, 0.1) is 0 Å². The number of hydrogen-bond donors (Lipinski definition) is 1. The lowest BCUT2D eigenvalue weighted by Gasteiger charge is -2.09. The van der Waals surface area contributed by atoms with Crippen LogP contribution in [-0.4, -0.2) is 30.1 Å². The molecule has 0 aliphatic carbocycles. The van der Waals surface area contributed by atoms with E-state index in [2.05, 4.69) is 33.2 Å². The van der Waals surface area contributed by atoms with Gasteiger partial charge in [0.25, 0.3) is 0 Å². The molecule has 1 N–H and O–H groups in total. The molecule has 1 amide bonds. The summed E-state index contributed by atoms with van der Waals surface area (Å²) in [5.74, 6) is 0.322. The molecule has 2 rings (SSSR count). The number of anilines is 1. The molecule has 1 aromatic carbocycles. The van der Waals surface area contributed by atoms with Crippen molar-refractivity contribution in [2.24, 2.45) is 0 Å². The van der Waals surface area contributed by atoms with Crippen molar-refractivity contribution in [3.05, 3.63) is 39.3 Å². The summed E-state index contributed by atoms with van der Waals surface area (Å²) in [6.07, 6.45) is 2.00. The van der Waals surface area contributed by atoms with Crippen LogP contribution in [-0.2, 0) is 27.2 Å². The number of aryl methyl sites for hydroxylation is 1. The van der Waals surface area contributed by atoms with Crippen LogP contribution in [0.2, 0.25) is 0 Å². The highest BCUT2D eigenvalue weighted by atomic mass is 79.9. The van der Waals surface area contributed by atoms with Crippen molar-refractivity contribution < 1.29 is 19.1 Å². The van der Waals surface area contributed by atoms with Crippen LogP contribution < -0.4 is 10.1 Å². The number of nitrogens with one attached hydrogen (secondary N) is 1. The van der Waals surface area contributed by atoms with Crippen LogP contribution in [0.3, 0.4) is 0 Å². The van der Waals surface area contributed by atoms with Crippen molar-refractivity contribution in [1.82, 2.24) is 4.98 Å². The van der Waals surface area contributed by atoms with Gasteiger partial charge in [-0.3, -0.25) is 9.59 Å². The van der Waals surface area contributed by atoms with E-state index in [-0.39, 0.29) is 18.3 Å². The Labute approximate surface area is 171 Å². The zero-order valence-corrected chi connectivity index (χ0v) is 17.8. The minimum absolute atomic E-state index is 0.111. The molecular weight excluding hydrogens is 432 g/mol. The summed E-state index contributed by atoms with van der Waals surface area (Å²) >= 11 is 4.79. The van der Waals surface area contributed by atoms with Gasteiger partial charge >= 0.3 is 5.97 Å². The average Bonchev–Trinajstić information content (AvgIpc) is 3.06. The molecule has 1 aromatic heterocycles. The van der Waals surface area contributed by atoms with E-state index < -0.39 is 0 Å². The third kappa shape index (κ3) is 7.30. The number of carbonyl (C=O) groups is 2. The maximum Gasteiger partial charge on any atom is 0.311 e. The lowest BCUT2D eigenvalue weighted by molar-refractivity contribution is -0.142. The number of esters is 1. The molecular formula is C19H23BrN2O4S. The van der Waals surface area contributed by atoms with Gasteiger partial charge in [0.05, 0.1) is 29.8 Å². The first-order valence-electron chi connectivity index (χ1n) is 8.83. The van der Waals surface area contributed by atoms with Gasteiger partial charge in [0, 0.05) is 11.8 Å². The van der Waals surface area contributed by atoms with Gasteiger partial charge in [-0.15, -0.1) is 11.3 Å². The first kappa shape index (κ1) is 21.4. The van der Waals surface area contributed by atoms with Gasteiger partial charge < -0.3 is 14.8 Å². The van der Waals surface area contributed by atoms with Crippen LogP contribution in [0.15, 0.2) is 28.1 Å². The maximum absolute atomic E-state index is 12.0. The summed E-state index contributed by atoms with van der Waals surface area (Å²) in [7, 11) is 0. The third-order valence-corrected chi connectivity index (χ3v) is 5.07. The van der Waals surface area contributed by atoms with Gasteiger partial charge in [-0.05, 0) is 53.4 Å². The zero-order chi connectivity index (χ0) is 19.6. The standard InChI is InChI=1S/C19H23BrN2O4S/c1-3-13-7-8-16(15(20)10-13)26-9-5-6-17(23)22-19-21-14(12-27-19)11-18(24)25-4-2/h7-8,10,12H,3-6,9,11H2,1-2H3,(H,21,22,23). The smallest absolute Gasteiger partial charge is 0.311 e. The predicted molar refractivity (Wildman–Crippen MR) is 109 cm³/mol. The molecule has 0 bridgehead atoms. The van der Waals surface area contributed by atoms with Gasteiger partial charge in [-0.2, -0.15) is 0 Å². The number of rotatable bonds is 10. The Morgan fingerprint density at radius 3 is 2.81 bits per heavy atom. The van der Waals surface area contributed by atoms with Crippen LogP contribution in [0.1, 0.15) is 37.9 Å². The second-order valence-corrected chi connectivity index (χ2v) is 7.46. The highest BCUT2D eigenvalue weighted by molar-refractivity contribution is 9.10. The molecule has 8 heteroatoms. The molecule has 0 aliphatic rings. The first-order chi connectivity index (χ1) is 13.0. The minimum Gasteiger partial charge on any atom is -0.492 e. The molecule has 0 saturated carbocycles. The van der Waals surface area contributed by atoms with Crippen molar-refractivity contribution >= 4 is 44.3 Å². The van der Waals surface area contributed by atoms with E-state index in [1.807, 2.05) is 18.2 Å². The molecule has 2 aromatic rings. The van der Waals surface area contributed by atoms with Crippen LogP contribution >= 0.6 is 27.3 Å². The number of amides is 1. The summed E-state index contributed by atoms with van der Waals surface area (Å²) in [4.78, 5) is 27.7. The highest BCUT2D eigenvalue weighted by Gasteiger charge is 2.10. The second kappa shape index (κ2) is 11.0. The number of halogens is 1. The number of benzene rings is 1.